The Bertz CT molecular complexity index is 445. The Balaban J connectivity index is 2.81. The molecule has 0 spiro atoms. The van der Waals surface area contributed by atoms with Crippen molar-refractivity contribution in [2.45, 2.75) is 26.7 Å². The molecule has 19 heavy (non-hydrogen) atoms. The van der Waals surface area contributed by atoms with Crippen molar-refractivity contribution in [2.24, 2.45) is 11.7 Å². The van der Waals surface area contributed by atoms with E-state index < -0.39 is 0 Å². The first-order chi connectivity index (χ1) is 9.01. The lowest BCUT2D eigenvalue weighted by Crippen LogP contribution is -2.22. The largest absolute Gasteiger partial charge is 0.495 e. The topological polar surface area (TPSA) is 64.4 Å². The van der Waals surface area contributed by atoms with Gasteiger partial charge < -0.3 is 15.8 Å². The smallest absolute Gasteiger partial charge is 0.224 e. The van der Waals surface area contributed by atoms with Gasteiger partial charge in [0.2, 0.25) is 5.91 Å². The lowest BCUT2D eigenvalue weighted by molar-refractivity contribution is -0.117. The number of nitrogens with two attached hydrogens (primary N) is 1. The molecule has 0 aliphatic heterocycles. The Kier molecular flexibility index (Phi) is 6.12. The molecule has 1 aromatic carbocycles. The third-order valence-corrected chi connectivity index (χ3v) is 3.55. The number of methoxy groups -OCH3 is 1. The number of hydrogen-bond acceptors (Lipinski definition) is 3. The zero-order valence-corrected chi connectivity index (χ0v) is 12.4. The maximum Gasteiger partial charge on any atom is 0.224 e. The fourth-order valence-corrected chi connectivity index (χ4v) is 1.94. The van der Waals surface area contributed by atoms with Crippen molar-refractivity contribution >= 4 is 23.2 Å². The zero-order valence-electron chi connectivity index (χ0n) is 11.6. The molecule has 0 heterocycles. The van der Waals surface area contributed by atoms with E-state index in [1.807, 2.05) is 19.9 Å². The molecule has 1 atom stereocenters. The van der Waals surface area contributed by atoms with Crippen molar-refractivity contribution in [2.75, 3.05) is 19.0 Å². The molecule has 1 unspecified atom stereocenters. The molecule has 5 heteroatoms. The fraction of sp³-hybridized carbons (Fsp3) is 0.500. The first-order valence-corrected chi connectivity index (χ1v) is 6.73. The van der Waals surface area contributed by atoms with E-state index in [2.05, 4.69) is 5.32 Å². The summed E-state index contributed by atoms with van der Waals surface area (Å²) in [6, 6.07) is 3.51. The second-order valence-corrected chi connectivity index (χ2v) is 4.97. The average Bonchev–Trinajstić information content (AvgIpc) is 2.39. The van der Waals surface area contributed by atoms with Crippen LogP contribution >= 0.6 is 11.6 Å². The highest BCUT2D eigenvalue weighted by molar-refractivity contribution is 6.31. The number of rotatable bonds is 6. The van der Waals surface area contributed by atoms with Crippen molar-refractivity contribution in [3.63, 3.8) is 0 Å². The minimum Gasteiger partial charge on any atom is -0.495 e. The fourth-order valence-electron chi connectivity index (χ4n) is 1.79. The van der Waals surface area contributed by atoms with Crippen LogP contribution in [0.3, 0.4) is 0 Å². The van der Waals surface area contributed by atoms with Gasteiger partial charge in [0.15, 0.2) is 0 Å². The molecule has 1 rings (SSSR count). The summed E-state index contributed by atoms with van der Waals surface area (Å²) in [5.74, 6) is 0.710. The lowest BCUT2D eigenvalue weighted by Gasteiger charge is -2.15. The van der Waals surface area contributed by atoms with Gasteiger partial charge in [0.25, 0.3) is 0 Å². The van der Waals surface area contributed by atoms with Gasteiger partial charge in [-0.1, -0.05) is 24.9 Å². The Morgan fingerprint density at radius 3 is 2.74 bits per heavy atom. The van der Waals surface area contributed by atoms with Gasteiger partial charge in [-0.05, 0) is 31.0 Å². The molecule has 0 radical (unpaired) electrons. The summed E-state index contributed by atoms with van der Waals surface area (Å²) in [6.07, 6.45) is 1.30. The van der Waals surface area contributed by atoms with Crippen LogP contribution in [0.25, 0.3) is 0 Å². The number of ether oxygens (including phenoxy) is 1. The molecule has 0 bridgehead atoms. The molecule has 106 valence electrons. The van der Waals surface area contributed by atoms with Gasteiger partial charge in [-0.2, -0.15) is 0 Å². The molecule has 0 aliphatic carbocycles. The quantitative estimate of drug-likeness (QED) is 0.844. The van der Waals surface area contributed by atoms with Crippen molar-refractivity contribution in [1.29, 1.82) is 0 Å². The molecule has 0 saturated heterocycles. The number of nitrogens with one attached hydrogen (secondary N) is 1. The third-order valence-electron chi connectivity index (χ3n) is 3.14. The van der Waals surface area contributed by atoms with Crippen LogP contribution < -0.4 is 15.8 Å². The predicted octanol–water partition coefficient (Wildman–Crippen LogP) is 2.97. The normalized spacial score (nSPS) is 12.1. The Morgan fingerprint density at radius 1 is 1.53 bits per heavy atom. The first kappa shape index (κ1) is 15.8. The molecule has 0 aliphatic rings. The van der Waals surface area contributed by atoms with Gasteiger partial charge in [-0.15, -0.1) is 0 Å². The van der Waals surface area contributed by atoms with Gasteiger partial charge >= 0.3 is 0 Å². The van der Waals surface area contributed by atoms with Gasteiger partial charge in [0, 0.05) is 17.5 Å². The van der Waals surface area contributed by atoms with Gasteiger partial charge in [0.05, 0.1) is 12.8 Å². The molecular weight excluding hydrogens is 264 g/mol. The van der Waals surface area contributed by atoms with E-state index in [0.29, 0.717) is 29.4 Å². The number of benzene rings is 1. The number of carbonyl (C=O) groups is 1. The van der Waals surface area contributed by atoms with E-state index in [-0.39, 0.29) is 11.8 Å². The number of aryl methyl sites for hydroxylation is 1. The minimum atomic E-state index is -0.0580. The van der Waals surface area contributed by atoms with Crippen LogP contribution in [0.15, 0.2) is 12.1 Å². The summed E-state index contributed by atoms with van der Waals surface area (Å²) in [6.45, 7) is 4.42. The van der Waals surface area contributed by atoms with Crippen LogP contribution in [-0.2, 0) is 4.79 Å². The average molecular weight is 285 g/mol. The number of carbonyl (C=O) groups excluding carboxylic acids is 1. The van der Waals surface area contributed by atoms with E-state index in [1.54, 1.807) is 13.2 Å². The van der Waals surface area contributed by atoms with Crippen LogP contribution in [-0.4, -0.2) is 19.6 Å². The summed E-state index contributed by atoms with van der Waals surface area (Å²) in [7, 11) is 1.55. The predicted molar refractivity (Wildman–Crippen MR) is 78.8 cm³/mol. The third kappa shape index (κ3) is 4.40. The highest BCUT2D eigenvalue weighted by atomic mass is 35.5. The number of anilines is 1. The summed E-state index contributed by atoms with van der Waals surface area (Å²) >= 11 is 6.02. The summed E-state index contributed by atoms with van der Waals surface area (Å²) in [5, 5.41) is 3.46. The second kappa shape index (κ2) is 7.36. The first-order valence-electron chi connectivity index (χ1n) is 6.35. The Labute approximate surface area is 119 Å². The zero-order chi connectivity index (χ0) is 14.4. The highest BCUT2D eigenvalue weighted by Gasteiger charge is 2.13. The maximum atomic E-state index is 11.9. The summed E-state index contributed by atoms with van der Waals surface area (Å²) in [5.41, 5.74) is 7.14. The number of halogens is 1. The van der Waals surface area contributed by atoms with Crippen molar-refractivity contribution in [1.82, 2.24) is 0 Å². The van der Waals surface area contributed by atoms with E-state index in [0.717, 1.165) is 12.0 Å². The maximum absolute atomic E-state index is 11.9. The molecule has 1 aromatic rings. The van der Waals surface area contributed by atoms with Crippen LogP contribution in [0.5, 0.6) is 5.75 Å². The molecule has 0 fully saturated rings. The highest BCUT2D eigenvalue weighted by Crippen LogP contribution is 2.31. The molecule has 0 aromatic heterocycles. The molecule has 0 saturated carbocycles. The van der Waals surface area contributed by atoms with Crippen molar-refractivity contribution < 1.29 is 9.53 Å². The van der Waals surface area contributed by atoms with Crippen LogP contribution in [0.2, 0.25) is 5.02 Å². The van der Waals surface area contributed by atoms with E-state index >= 15 is 0 Å². The minimum absolute atomic E-state index is 0.0580. The van der Waals surface area contributed by atoms with Crippen LogP contribution in [0.4, 0.5) is 5.69 Å². The number of amides is 1. The van der Waals surface area contributed by atoms with E-state index in [9.17, 15) is 4.79 Å². The lowest BCUT2D eigenvalue weighted by atomic mass is 10.0. The second-order valence-electron chi connectivity index (χ2n) is 4.56. The van der Waals surface area contributed by atoms with Crippen molar-refractivity contribution in [3.05, 3.63) is 22.7 Å². The summed E-state index contributed by atoms with van der Waals surface area (Å²) in [4.78, 5) is 11.9. The molecule has 3 N–H and O–H groups in total. The van der Waals surface area contributed by atoms with Crippen LogP contribution in [0, 0.1) is 12.8 Å². The number of hydrogen-bond donors (Lipinski definition) is 2. The van der Waals surface area contributed by atoms with E-state index in [4.69, 9.17) is 22.1 Å². The Morgan fingerprint density at radius 2 is 2.21 bits per heavy atom. The van der Waals surface area contributed by atoms with E-state index in [1.165, 1.54) is 0 Å². The Hall–Kier alpha value is -1.26. The molecule has 4 nitrogen and oxygen atoms in total. The standard InChI is InChI=1S/C14H21ClN2O2/c1-4-10(8-16)6-14(18)17-12-5-9(2)11(15)7-13(12)19-3/h5,7,10H,4,6,8,16H2,1-3H3,(H,17,18). The molecule has 1 amide bonds. The van der Waals surface area contributed by atoms with Gasteiger partial charge in [-0.25, -0.2) is 0 Å². The SMILES string of the molecule is CCC(CN)CC(=O)Nc1cc(C)c(Cl)cc1OC. The van der Waals surface area contributed by atoms with Gasteiger partial charge in [0.1, 0.15) is 5.75 Å². The van der Waals surface area contributed by atoms with Crippen molar-refractivity contribution in [3.8, 4) is 5.75 Å². The van der Waals surface area contributed by atoms with Crippen LogP contribution in [0.1, 0.15) is 25.3 Å². The summed E-state index contributed by atoms with van der Waals surface area (Å²) < 4.78 is 5.22. The van der Waals surface area contributed by atoms with Gasteiger partial charge in [-0.3, -0.25) is 4.79 Å². The molecular formula is C14H21ClN2O2. The monoisotopic (exact) mass is 284 g/mol.